The highest BCUT2D eigenvalue weighted by Gasteiger charge is 2.36. The number of hydrogen-bond acceptors (Lipinski definition) is 7. The first-order valence-electron chi connectivity index (χ1n) is 9.45. The largest absolute Gasteiger partial charge is 0.448 e. The number of amides is 1. The Kier molecular flexibility index (Phi) is 6.31. The van der Waals surface area contributed by atoms with Gasteiger partial charge in [0.2, 0.25) is 0 Å². The van der Waals surface area contributed by atoms with E-state index >= 15 is 0 Å². The lowest BCUT2D eigenvalue weighted by atomic mass is 10.2. The summed E-state index contributed by atoms with van der Waals surface area (Å²) in [6.07, 6.45) is 0.814. The highest BCUT2D eigenvalue weighted by atomic mass is 32.2. The molecule has 1 aromatic carbocycles. The lowest BCUT2D eigenvalue weighted by molar-refractivity contribution is -0.141. The number of hydrogen-bond donors (Lipinski definition) is 0. The molecule has 0 spiro atoms. The number of nitrogens with zero attached hydrogens (tertiary/aromatic N) is 4. The third-order valence-corrected chi connectivity index (χ3v) is 6.59. The number of sulfone groups is 1. The predicted molar refractivity (Wildman–Crippen MR) is 105 cm³/mol. The van der Waals surface area contributed by atoms with Gasteiger partial charge in [0.15, 0.2) is 21.6 Å². The van der Waals surface area contributed by atoms with E-state index in [0.717, 1.165) is 5.56 Å². The smallest absolute Gasteiger partial charge is 0.361 e. The number of likely N-dealkylation sites (N-methyl/N-ethyl adjacent to an activating group) is 1. The van der Waals surface area contributed by atoms with Gasteiger partial charge in [-0.2, -0.15) is 0 Å². The number of carbonyl (C=O) groups is 2. The van der Waals surface area contributed by atoms with E-state index < -0.39 is 27.8 Å². The van der Waals surface area contributed by atoms with Gasteiger partial charge in [0.05, 0.1) is 24.2 Å². The zero-order valence-corrected chi connectivity index (χ0v) is 17.2. The number of carbonyl (C=O) groups excluding carboxylic acids is 2. The van der Waals surface area contributed by atoms with E-state index in [1.165, 1.54) is 22.7 Å². The van der Waals surface area contributed by atoms with Crippen molar-refractivity contribution in [2.45, 2.75) is 39.0 Å². The van der Waals surface area contributed by atoms with Crippen LogP contribution in [0.25, 0.3) is 0 Å². The summed E-state index contributed by atoms with van der Waals surface area (Å²) in [7, 11) is -3.12. The van der Waals surface area contributed by atoms with Crippen LogP contribution in [0.2, 0.25) is 0 Å². The van der Waals surface area contributed by atoms with Gasteiger partial charge in [0, 0.05) is 12.6 Å². The van der Waals surface area contributed by atoms with E-state index in [0.29, 0.717) is 19.5 Å². The lowest BCUT2D eigenvalue weighted by Crippen LogP contribution is -2.46. The molecule has 0 aliphatic carbocycles. The molecule has 0 N–H and O–H groups in total. The summed E-state index contributed by atoms with van der Waals surface area (Å²) < 4.78 is 30.2. The molecular formula is C19H24N4O5S. The minimum absolute atomic E-state index is 0.00655. The first-order chi connectivity index (χ1) is 13.8. The van der Waals surface area contributed by atoms with Gasteiger partial charge in [0.1, 0.15) is 0 Å². The van der Waals surface area contributed by atoms with Crippen LogP contribution in [0.1, 0.15) is 36.3 Å². The molecule has 2 aromatic rings. The SMILES string of the molecule is CCN(C(=O)C(C)OC(=O)c1cn(Cc2ccccc2)nn1)C1CCS(=O)(=O)C1. The van der Waals surface area contributed by atoms with Crippen molar-refractivity contribution < 1.29 is 22.7 Å². The molecule has 2 atom stereocenters. The van der Waals surface area contributed by atoms with Crippen LogP contribution < -0.4 is 0 Å². The second kappa shape index (κ2) is 8.73. The first-order valence-corrected chi connectivity index (χ1v) is 11.3. The summed E-state index contributed by atoms with van der Waals surface area (Å²) in [5.74, 6) is -1.15. The maximum Gasteiger partial charge on any atom is 0.361 e. The van der Waals surface area contributed by atoms with Gasteiger partial charge in [-0.05, 0) is 25.8 Å². The molecule has 9 nitrogen and oxygen atoms in total. The van der Waals surface area contributed by atoms with Crippen LogP contribution in [0.3, 0.4) is 0 Å². The maximum atomic E-state index is 12.7. The van der Waals surface area contributed by atoms with E-state index in [2.05, 4.69) is 10.3 Å². The van der Waals surface area contributed by atoms with E-state index in [-0.39, 0.29) is 23.2 Å². The minimum Gasteiger partial charge on any atom is -0.448 e. The molecule has 1 saturated heterocycles. The molecule has 2 heterocycles. The van der Waals surface area contributed by atoms with Crippen molar-refractivity contribution in [2.75, 3.05) is 18.1 Å². The fourth-order valence-electron chi connectivity index (χ4n) is 3.36. The molecule has 0 bridgehead atoms. The standard InChI is InChI=1S/C19H24N4O5S/c1-3-23(16-9-10-29(26,27)13-16)18(24)14(2)28-19(25)17-12-22(21-20-17)11-15-7-5-4-6-8-15/h4-8,12,14,16H,3,9-11,13H2,1-2H3. The van der Waals surface area contributed by atoms with Crippen LogP contribution in [0.4, 0.5) is 0 Å². The van der Waals surface area contributed by atoms with Gasteiger partial charge < -0.3 is 9.64 Å². The molecule has 156 valence electrons. The average Bonchev–Trinajstić information content (AvgIpc) is 3.29. The third kappa shape index (κ3) is 5.20. The first kappa shape index (κ1) is 21.0. The van der Waals surface area contributed by atoms with Crippen LogP contribution in [-0.2, 0) is 25.9 Å². The molecule has 1 amide bonds. The van der Waals surface area contributed by atoms with Crippen molar-refractivity contribution in [1.29, 1.82) is 0 Å². The highest BCUT2D eigenvalue weighted by Crippen LogP contribution is 2.19. The van der Waals surface area contributed by atoms with E-state index in [9.17, 15) is 18.0 Å². The summed E-state index contributed by atoms with van der Waals surface area (Å²) >= 11 is 0. The van der Waals surface area contributed by atoms with Crippen LogP contribution in [-0.4, -0.2) is 70.4 Å². The highest BCUT2D eigenvalue weighted by molar-refractivity contribution is 7.91. The molecule has 3 rings (SSSR count). The quantitative estimate of drug-likeness (QED) is 0.612. The van der Waals surface area contributed by atoms with E-state index in [4.69, 9.17) is 4.74 Å². The van der Waals surface area contributed by atoms with Gasteiger partial charge in [-0.1, -0.05) is 35.5 Å². The van der Waals surface area contributed by atoms with Crippen molar-refractivity contribution in [3.8, 4) is 0 Å². The second-order valence-electron chi connectivity index (χ2n) is 7.02. The number of ether oxygens (including phenoxy) is 1. The molecule has 2 unspecified atom stereocenters. The number of benzene rings is 1. The van der Waals surface area contributed by atoms with Crippen molar-refractivity contribution >= 4 is 21.7 Å². The molecule has 1 fully saturated rings. The Morgan fingerprint density at radius 1 is 1.31 bits per heavy atom. The lowest BCUT2D eigenvalue weighted by Gasteiger charge is -2.29. The zero-order chi connectivity index (χ0) is 21.0. The Morgan fingerprint density at radius 3 is 2.66 bits per heavy atom. The topological polar surface area (TPSA) is 111 Å². The van der Waals surface area contributed by atoms with Crippen molar-refractivity contribution in [3.63, 3.8) is 0 Å². The number of aromatic nitrogens is 3. The monoisotopic (exact) mass is 420 g/mol. The average molecular weight is 420 g/mol. The summed E-state index contributed by atoms with van der Waals surface area (Å²) in [6.45, 7) is 4.04. The predicted octanol–water partition coefficient (Wildman–Crippen LogP) is 0.907. The van der Waals surface area contributed by atoms with Crippen LogP contribution in [0.15, 0.2) is 36.5 Å². The maximum absolute atomic E-state index is 12.7. The van der Waals surface area contributed by atoms with Gasteiger partial charge in [0.25, 0.3) is 5.91 Å². The van der Waals surface area contributed by atoms with Gasteiger partial charge in [-0.3, -0.25) is 4.79 Å². The molecule has 0 saturated carbocycles. The summed E-state index contributed by atoms with van der Waals surface area (Å²) in [5, 5.41) is 7.74. The van der Waals surface area contributed by atoms with Crippen molar-refractivity contribution in [2.24, 2.45) is 0 Å². The molecule has 10 heteroatoms. The summed E-state index contributed by atoms with van der Waals surface area (Å²) in [4.78, 5) is 26.5. The molecule has 1 aromatic heterocycles. The van der Waals surface area contributed by atoms with Crippen molar-refractivity contribution in [1.82, 2.24) is 19.9 Å². The number of esters is 1. The van der Waals surface area contributed by atoms with Crippen LogP contribution in [0, 0.1) is 0 Å². The Morgan fingerprint density at radius 2 is 2.03 bits per heavy atom. The van der Waals surface area contributed by atoms with Gasteiger partial charge in [-0.15, -0.1) is 5.10 Å². The Labute approximate surface area is 169 Å². The van der Waals surface area contributed by atoms with E-state index in [1.54, 1.807) is 6.92 Å². The molecular weight excluding hydrogens is 396 g/mol. The Bertz CT molecular complexity index is 973. The summed E-state index contributed by atoms with van der Waals surface area (Å²) in [6, 6.07) is 9.21. The van der Waals surface area contributed by atoms with Gasteiger partial charge >= 0.3 is 5.97 Å². The minimum atomic E-state index is -3.12. The van der Waals surface area contributed by atoms with Crippen molar-refractivity contribution in [3.05, 3.63) is 47.8 Å². The fraction of sp³-hybridized carbons (Fsp3) is 0.474. The van der Waals surface area contributed by atoms with Gasteiger partial charge in [-0.25, -0.2) is 17.9 Å². The van der Waals surface area contributed by atoms with Crippen LogP contribution in [0.5, 0.6) is 0 Å². The Balaban J connectivity index is 1.60. The zero-order valence-electron chi connectivity index (χ0n) is 16.4. The number of rotatable bonds is 7. The fourth-order valence-corrected chi connectivity index (χ4v) is 5.09. The second-order valence-corrected chi connectivity index (χ2v) is 9.24. The van der Waals surface area contributed by atoms with E-state index in [1.807, 2.05) is 30.3 Å². The third-order valence-electron chi connectivity index (χ3n) is 4.84. The normalized spacial score (nSPS) is 18.9. The molecule has 29 heavy (non-hydrogen) atoms. The summed E-state index contributed by atoms with van der Waals surface area (Å²) in [5.41, 5.74) is 1.01. The molecule has 1 aliphatic heterocycles. The molecule has 0 radical (unpaired) electrons. The molecule has 1 aliphatic rings. The Hall–Kier alpha value is -2.75. The van der Waals surface area contributed by atoms with Crippen LogP contribution >= 0.6 is 0 Å².